The van der Waals surface area contributed by atoms with E-state index in [0.29, 0.717) is 43.2 Å². The molecule has 0 saturated heterocycles. The van der Waals surface area contributed by atoms with Crippen molar-refractivity contribution < 1.29 is 22.7 Å². The standard InChI is InChI=1S/C25H24N2O5S/c28-25(26-15-21-17-31-23-7-3-4-8-24(23)32-21)19-9-11-22(12-10-19)33(29,30)27-14-13-18-5-1-2-6-20(18)16-27/h1-12,21H,13-17H2,(H,26,28). The number of hydrogen-bond donors (Lipinski definition) is 1. The van der Waals surface area contributed by atoms with Crippen molar-refractivity contribution in [3.05, 3.63) is 89.5 Å². The summed E-state index contributed by atoms with van der Waals surface area (Å²) in [6.07, 6.45) is 0.387. The third-order valence-electron chi connectivity index (χ3n) is 5.91. The number of amides is 1. The lowest BCUT2D eigenvalue weighted by Crippen LogP contribution is -2.40. The Morgan fingerprint density at radius 1 is 0.939 bits per heavy atom. The third-order valence-corrected chi connectivity index (χ3v) is 7.77. The molecule has 3 aromatic carbocycles. The van der Waals surface area contributed by atoms with Gasteiger partial charge in [0.2, 0.25) is 10.0 Å². The number of rotatable bonds is 5. The van der Waals surface area contributed by atoms with E-state index in [4.69, 9.17) is 9.47 Å². The molecule has 0 bridgehead atoms. The van der Waals surface area contributed by atoms with Crippen LogP contribution in [-0.2, 0) is 23.0 Å². The van der Waals surface area contributed by atoms with Crippen molar-refractivity contribution >= 4 is 15.9 Å². The Morgan fingerprint density at radius 2 is 1.64 bits per heavy atom. The molecule has 0 aromatic heterocycles. The van der Waals surface area contributed by atoms with Gasteiger partial charge in [0.1, 0.15) is 12.7 Å². The van der Waals surface area contributed by atoms with E-state index < -0.39 is 10.0 Å². The monoisotopic (exact) mass is 464 g/mol. The van der Waals surface area contributed by atoms with E-state index in [1.807, 2.05) is 48.5 Å². The van der Waals surface area contributed by atoms with Crippen molar-refractivity contribution in [1.29, 1.82) is 0 Å². The lowest BCUT2D eigenvalue weighted by Gasteiger charge is -2.28. The predicted octanol–water partition coefficient (Wildman–Crippen LogP) is 3.00. The number of carbonyl (C=O) groups is 1. The van der Waals surface area contributed by atoms with E-state index in [0.717, 1.165) is 5.56 Å². The number of sulfonamides is 1. The average molecular weight is 465 g/mol. The first-order chi connectivity index (χ1) is 16.0. The number of carbonyl (C=O) groups excluding carboxylic acids is 1. The Labute approximate surface area is 193 Å². The molecule has 33 heavy (non-hydrogen) atoms. The molecule has 1 amide bonds. The van der Waals surface area contributed by atoms with Crippen LogP contribution in [0.4, 0.5) is 0 Å². The Hall–Kier alpha value is -3.36. The van der Waals surface area contributed by atoms with Crippen molar-refractivity contribution in [3.63, 3.8) is 0 Å². The molecule has 1 unspecified atom stereocenters. The highest BCUT2D eigenvalue weighted by molar-refractivity contribution is 7.89. The van der Waals surface area contributed by atoms with Crippen molar-refractivity contribution in [1.82, 2.24) is 9.62 Å². The maximum absolute atomic E-state index is 13.1. The van der Waals surface area contributed by atoms with Gasteiger partial charge in [-0.1, -0.05) is 36.4 Å². The molecule has 3 aromatic rings. The summed E-state index contributed by atoms with van der Waals surface area (Å²) in [6.45, 7) is 1.41. The van der Waals surface area contributed by atoms with Gasteiger partial charge >= 0.3 is 0 Å². The van der Waals surface area contributed by atoms with Crippen molar-refractivity contribution in [2.75, 3.05) is 19.7 Å². The summed E-state index contributed by atoms with van der Waals surface area (Å²) in [6, 6.07) is 21.3. The zero-order chi connectivity index (χ0) is 22.8. The molecule has 8 heteroatoms. The van der Waals surface area contributed by atoms with Crippen LogP contribution in [0.5, 0.6) is 11.5 Å². The van der Waals surface area contributed by atoms with E-state index in [-0.39, 0.29) is 23.5 Å². The van der Waals surface area contributed by atoms with Crippen molar-refractivity contribution in [3.8, 4) is 11.5 Å². The topological polar surface area (TPSA) is 84.9 Å². The van der Waals surface area contributed by atoms with Crippen LogP contribution < -0.4 is 14.8 Å². The van der Waals surface area contributed by atoms with Gasteiger partial charge in [-0.15, -0.1) is 0 Å². The second-order valence-electron chi connectivity index (χ2n) is 8.09. The van der Waals surface area contributed by atoms with E-state index in [9.17, 15) is 13.2 Å². The first-order valence-electron chi connectivity index (χ1n) is 10.8. The highest BCUT2D eigenvalue weighted by Crippen LogP contribution is 2.30. The quantitative estimate of drug-likeness (QED) is 0.628. The average Bonchev–Trinajstić information content (AvgIpc) is 2.87. The van der Waals surface area contributed by atoms with Gasteiger partial charge in [0.25, 0.3) is 5.91 Å². The minimum Gasteiger partial charge on any atom is -0.486 e. The number of hydrogen-bond acceptors (Lipinski definition) is 5. The fourth-order valence-corrected chi connectivity index (χ4v) is 5.49. The molecule has 2 aliphatic heterocycles. The van der Waals surface area contributed by atoms with Gasteiger partial charge in [-0.2, -0.15) is 4.31 Å². The number of benzene rings is 3. The molecule has 0 fully saturated rings. The summed E-state index contributed by atoms with van der Waals surface area (Å²) in [5.74, 6) is 1.04. The summed E-state index contributed by atoms with van der Waals surface area (Å²) in [5.41, 5.74) is 2.60. The second-order valence-corrected chi connectivity index (χ2v) is 10.0. The van der Waals surface area contributed by atoms with Crippen LogP contribution >= 0.6 is 0 Å². The Kier molecular flexibility index (Phi) is 5.78. The van der Waals surface area contributed by atoms with Crippen molar-refractivity contribution in [2.45, 2.75) is 24.0 Å². The second kappa shape index (κ2) is 8.88. The van der Waals surface area contributed by atoms with Crippen LogP contribution in [0, 0.1) is 0 Å². The molecule has 0 radical (unpaired) electrons. The van der Waals surface area contributed by atoms with Crippen LogP contribution in [0.3, 0.4) is 0 Å². The molecule has 1 N–H and O–H groups in total. The van der Waals surface area contributed by atoms with Gasteiger partial charge in [-0.05, 0) is 53.9 Å². The molecule has 2 heterocycles. The third kappa shape index (κ3) is 4.44. The zero-order valence-corrected chi connectivity index (χ0v) is 18.8. The molecule has 170 valence electrons. The number of nitrogens with zero attached hydrogens (tertiary/aromatic N) is 1. The highest BCUT2D eigenvalue weighted by atomic mass is 32.2. The number of para-hydroxylation sites is 2. The van der Waals surface area contributed by atoms with Crippen LogP contribution in [-0.4, -0.2) is 44.4 Å². The summed E-state index contributed by atoms with van der Waals surface area (Å²) >= 11 is 0. The van der Waals surface area contributed by atoms with E-state index in [1.54, 1.807) is 0 Å². The Morgan fingerprint density at radius 3 is 2.42 bits per heavy atom. The SMILES string of the molecule is O=C(NCC1COc2ccccc2O1)c1ccc(S(=O)(=O)N2CCc3ccccc3C2)cc1. The molecular formula is C25H24N2O5S. The molecule has 1 atom stereocenters. The highest BCUT2D eigenvalue weighted by Gasteiger charge is 2.28. The van der Waals surface area contributed by atoms with Gasteiger partial charge in [-0.3, -0.25) is 4.79 Å². The predicted molar refractivity (Wildman–Crippen MR) is 123 cm³/mol. The molecule has 2 aliphatic rings. The largest absolute Gasteiger partial charge is 0.486 e. The van der Waals surface area contributed by atoms with E-state index in [1.165, 1.54) is 34.1 Å². The summed E-state index contributed by atoms with van der Waals surface area (Å²) in [5, 5.41) is 2.83. The molecular weight excluding hydrogens is 440 g/mol. The molecule has 0 spiro atoms. The van der Waals surface area contributed by atoms with Gasteiger partial charge in [-0.25, -0.2) is 8.42 Å². The summed E-state index contributed by atoms with van der Waals surface area (Å²) in [7, 11) is -3.64. The smallest absolute Gasteiger partial charge is 0.251 e. The van der Waals surface area contributed by atoms with Crippen LogP contribution in [0.1, 0.15) is 21.5 Å². The molecule has 0 saturated carbocycles. The van der Waals surface area contributed by atoms with Gasteiger partial charge in [0, 0.05) is 18.7 Å². The molecule has 7 nitrogen and oxygen atoms in total. The first-order valence-corrected chi connectivity index (χ1v) is 12.3. The maximum Gasteiger partial charge on any atom is 0.251 e. The maximum atomic E-state index is 13.1. The van der Waals surface area contributed by atoms with E-state index >= 15 is 0 Å². The fraction of sp³-hybridized carbons (Fsp3) is 0.240. The number of nitrogens with one attached hydrogen (secondary N) is 1. The van der Waals surface area contributed by atoms with Crippen LogP contribution in [0.15, 0.2) is 77.7 Å². The van der Waals surface area contributed by atoms with Gasteiger partial charge in [0.05, 0.1) is 11.4 Å². The van der Waals surface area contributed by atoms with E-state index in [2.05, 4.69) is 5.32 Å². The normalized spacial score (nSPS) is 17.8. The fourth-order valence-electron chi connectivity index (χ4n) is 4.07. The van der Waals surface area contributed by atoms with Crippen molar-refractivity contribution in [2.24, 2.45) is 0 Å². The summed E-state index contributed by atoms with van der Waals surface area (Å²) < 4.78 is 39.2. The van der Waals surface area contributed by atoms with Gasteiger partial charge < -0.3 is 14.8 Å². The minimum absolute atomic E-state index is 0.180. The lowest BCUT2D eigenvalue weighted by molar-refractivity contribution is 0.0789. The molecule has 0 aliphatic carbocycles. The minimum atomic E-state index is -3.64. The molecule has 5 rings (SSSR count). The summed E-state index contributed by atoms with van der Waals surface area (Å²) in [4.78, 5) is 12.7. The first kappa shape index (κ1) is 21.5. The number of fused-ring (bicyclic) bond motifs is 2. The Bertz CT molecular complexity index is 1270. The zero-order valence-electron chi connectivity index (χ0n) is 17.9. The van der Waals surface area contributed by atoms with Crippen LogP contribution in [0.2, 0.25) is 0 Å². The number of ether oxygens (including phenoxy) is 2. The lowest BCUT2D eigenvalue weighted by atomic mass is 10.0. The van der Waals surface area contributed by atoms with Crippen LogP contribution in [0.25, 0.3) is 0 Å². The van der Waals surface area contributed by atoms with Gasteiger partial charge in [0.15, 0.2) is 11.5 Å². The Balaban J connectivity index is 1.21.